The quantitative estimate of drug-likeness (QED) is 0.857. The third kappa shape index (κ3) is 4.21. The molecule has 1 fully saturated rings. The van der Waals surface area contributed by atoms with Crippen molar-refractivity contribution in [2.24, 2.45) is 11.8 Å². The highest BCUT2D eigenvalue weighted by atomic mass is 16.2. The summed E-state index contributed by atoms with van der Waals surface area (Å²) in [5.74, 6) is 1.03. The molecule has 5 nitrogen and oxygen atoms in total. The van der Waals surface area contributed by atoms with E-state index in [9.17, 15) is 9.59 Å². The molecule has 0 bridgehead atoms. The molecular formula is C18H29N3O2. The highest BCUT2D eigenvalue weighted by Crippen LogP contribution is 2.26. The van der Waals surface area contributed by atoms with Crippen molar-refractivity contribution in [1.29, 1.82) is 0 Å². The van der Waals surface area contributed by atoms with E-state index in [-0.39, 0.29) is 17.5 Å². The minimum atomic E-state index is -0.145. The van der Waals surface area contributed by atoms with Crippen molar-refractivity contribution in [3.63, 3.8) is 0 Å². The minimum Gasteiger partial charge on any atom is -0.334 e. The van der Waals surface area contributed by atoms with E-state index in [1.165, 1.54) is 10.7 Å². The van der Waals surface area contributed by atoms with Gasteiger partial charge in [0.1, 0.15) is 5.69 Å². The molecule has 1 aliphatic rings. The Labute approximate surface area is 138 Å². The number of hydrogen-bond donors (Lipinski definition) is 0. The average Bonchev–Trinajstić information content (AvgIpc) is 2.71. The van der Waals surface area contributed by atoms with E-state index < -0.39 is 0 Å². The second kappa shape index (κ2) is 7.75. The van der Waals surface area contributed by atoms with Crippen LogP contribution in [0.15, 0.2) is 16.9 Å². The van der Waals surface area contributed by atoms with Gasteiger partial charge < -0.3 is 4.90 Å². The standard InChI is InChI=1S/C18H29N3O2/c1-5-11-21-17(22)9-7-15(19-21)18(23)20-12-10-14(4)6-8-16(20)13(2)3/h7,9,13-14,16H,5-6,8,10-12H2,1-4H3. The Morgan fingerprint density at radius 1 is 1.30 bits per heavy atom. The molecule has 2 rings (SSSR count). The van der Waals surface area contributed by atoms with Gasteiger partial charge in [-0.15, -0.1) is 0 Å². The van der Waals surface area contributed by atoms with Crippen molar-refractivity contribution in [3.05, 3.63) is 28.2 Å². The molecule has 0 N–H and O–H groups in total. The average molecular weight is 319 g/mol. The van der Waals surface area contributed by atoms with Gasteiger partial charge in [0, 0.05) is 25.2 Å². The minimum absolute atomic E-state index is 0.0392. The fourth-order valence-corrected chi connectivity index (χ4v) is 3.31. The number of likely N-dealkylation sites (tertiary alicyclic amines) is 1. The maximum atomic E-state index is 13.0. The summed E-state index contributed by atoms with van der Waals surface area (Å²) in [6.45, 7) is 9.92. The summed E-state index contributed by atoms with van der Waals surface area (Å²) in [4.78, 5) is 26.8. The van der Waals surface area contributed by atoms with Crippen LogP contribution in [0.5, 0.6) is 0 Å². The molecule has 2 unspecified atom stereocenters. The molecule has 0 saturated carbocycles. The van der Waals surface area contributed by atoms with Crippen LogP contribution >= 0.6 is 0 Å². The topological polar surface area (TPSA) is 55.2 Å². The molecule has 5 heteroatoms. The number of aryl methyl sites for hydroxylation is 1. The molecule has 1 amide bonds. The summed E-state index contributed by atoms with van der Waals surface area (Å²) in [6.07, 6.45) is 4.05. The third-order valence-electron chi connectivity index (χ3n) is 4.77. The van der Waals surface area contributed by atoms with Crippen molar-refractivity contribution in [2.75, 3.05) is 6.54 Å². The number of hydrogen-bond acceptors (Lipinski definition) is 3. The number of rotatable bonds is 4. The Kier molecular flexibility index (Phi) is 5.97. The zero-order chi connectivity index (χ0) is 17.0. The van der Waals surface area contributed by atoms with Gasteiger partial charge in [0.05, 0.1) is 0 Å². The fourth-order valence-electron chi connectivity index (χ4n) is 3.31. The zero-order valence-electron chi connectivity index (χ0n) is 14.8. The normalized spacial score (nSPS) is 22.2. The van der Waals surface area contributed by atoms with Crippen LogP contribution in [0.3, 0.4) is 0 Å². The van der Waals surface area contributed by atoms with Gasteiger partial charge in [-0.25, -0.2) is 4.68 Å². The van der Waals surface area contributed by atoms with E-state index in [0.717, 1.165) is 32.2 Å². The first kappa shape index (κ1) is 17.7. The Balaban J connectivity index is 2.29. The van der Waals surface area contributed by atoms with Crippen LogP contribution in [0.2, 0.25) is 0 Å². The van der Waals surface area contributed by atoms with Gasteiger partial charge in [-0.05, 0) is 43.6 Å². The molecule has 0 radical (unpaired) electrons. The van der Waals surface area contributed by atoms with Crippen LogP contribution in [-0.2, 0) is 6.54 Å². The van der Waals surface area contributed by atoms with Crippen LogP contribution in [0.25, 0.3) is 0 Å². The van der Waals surface area contributed by atoms with Crippen LogP contribution in [-0.4, -0.2) is 33.2 Å². The number of nitrogens with zero attached hydrogens (tertiary/aromatic N) is 3. The van der Waals surface area contributed by atoms with Crippen molar-refractivity contribution < 1.29 is 4.79 Å². The summed E-state index contributed by atoms with van der Waals surface area (Å²) >= 11 is 0. The Morgan fingerprint density at radius 2 is 2.04 bits per heavy atom. The third-order valence-corrected chi connectivity index (χ3v) is 4.77. The summed E-state index contributed by atoms with van der Waals surface area (Å²) < 4.78 is 1.40. The van der Waals surface area contributed by atoms with Gasteiger partial charge in [0.25, 0.3) is 11.5 Å². The molecule has 1 aromatic rings. The molecule has 2 atom stereocenters. The van der Waals surface area contributed by atoms with Crippen molar-refractivity contribution in [3.8, 4) is 0 Å². The molecule has 1 aromatic heterocycles. The van der Waals surface area contributed by atoms with E-state index in [1.807, 2.05) is 11.8 Å². The van der Waals surface area contributed by atoms with Crippen molar-refractivity contribution >= 4 is 5.91 Å². The fraction of sp³-hybridized carbons (Fsp3) is 0.722. The summed E-state index contributed by atoms with van der Waals surface area (Å²) in [6, 6.07) is 3.28. The number of carbonyl (C=O) groups excluding carboxylic acids is 1. The molecule has 0 spiro atoms. The molecule has 1 aliphatic heterocycles. The largest absolute Gasteiger partial charge is 0.334 e. The SMILES string of the molecule is CCCn1nc(C(=O)N2CCC(C)CCC2C(C)C)ccc1=O. The Bertz CT molecular complexity index is 594. The van der Waals surface area contributed by atoms with Gasteiger partial charge in [-0.2, -0.15) is 5.10 Å². The monoisotopic (exact) mass is 319 g/mol. The molecule has 23 heavy (non-hydrogen) atoms. The van der Waals surface area contributed by atoms with E-state index in [2.05, 4.69) is 25.9 Å². The van der Waals surface area contributed by atoms with E-state index in [4.69, 9.17) is 0 Å². The first-order valence-corrected chi connectivity index (χ1v) is 8.83. The van der Waals surface area contributed by atoms with Crippen LogP contribution in [0.1, 0.15) is 63.9 Å². The van der Waals surface area contributed by atoms with E-state index in [1.54, 1.807) is 6.07 Å². The first-order valence-electron chi connectivity index (χ1n) is 8.83. The lowest BCUT2D eigenvalue weighted by atomic mass is 9.95. The van der Waals surface area contributed by atoms with E-state index in [0.29, 0.717) is 24.1 Å². The highest BCUT2D eigenvalue weighted by molar-refractivity contribution is 5.92. The predicted octanol–water partition coefficient (Wildman–Crippen LogP) is 2.94. The lowest BCUT2D eigenvalue weighted by Gasteiger charge is -2.32. The van der Waals surface area contributed by atoms with Gasteiger partial charge in [-0.3, -0.25) is 9.59 Å². The van der Waals surface area contributed by atoms with Crippen LogP contribution < -0.4 is 5.56 Å². The molecule has 128 valence electrons. The number of aromatic nitrogens is 2. The van der Waals surface area contributed by atoms with Gasteiger partial charge >= 0.3 is 0 Å². The maximum absolute atomic E-state index is 13.0. The smallest absolute Gasteiger partial charge is 0.274 e. The Morgan fingerprint density at radius 3 is 2.70 bits per heavy atom. The van der Waals surface area contributed by atoms with Crippen molar-refractivity contribution in [2.45, 2.75) is 66.0 Å². The predicted molar refractivity (Wildman–Crippen MR) is 91.5 cm³/mol. The first-order chi connectivity index (χ1) is 10.9. The Hall–Kier alpha value is -1.65. The van der Waals surface area contributed by atoms with Gasteiger partial charge in [0.15, 0.2) is 0 Å². The number of carbonyl (C=O) groups is 1. The van der Waals surface area contributed by atoms with E-state index >= 15 is 0 Å². The lowest BCUT2D eigenvalue weighted by Crippen LogP contribution is -2.43. The molecule has 0 aromatic carbocycles. The molecular weight excluding hydrogens is 290 g/mol. The van der Waals surface area contributed by atoms with Crippen LogP contribution in [0.4, 0.5) is 0 Å². The second-order valence-electron chi connectivity index (χ2n) is 7.06. The second-order valence-corrected chi connectivity index (χ2v) is 7.06. The maximum Gasteiger partial charge on any atom is 0.274 e. The lowest BCUT2D eigenvalue weighted by molar-refractivity contribution is 0.0622. The molecule has 0 aliphatic carbocycles. The molecule has 1 saturated heterocycles. The number of amides is 1. The summed E-state index contributed by atoms with van der Waals surface area (Å²) in [7, 11) is 0. The van der Waals surface area contributed by atoms with Crippen LogP contribution in [0, 0.1) is 11.8 Å². The van der Waals surface area contributed by atoms with Gasteiger partial charge in [0.2, 0.25) is 0 Å². The summed E-state index contributed by atoms with van der Waals surface area (Å²) in [5.41, 5.74) is 0.242. The van der Waals surface area contributed by atoms with Crippen molar-refractivity contribution in [1.82, 2.24) is 14.7 Å². The zero-order valence-corrected chi connectivity index (χ0v) is 14.8. The molecule has 2 heterocycles. The summed E-state index contributed by atoms with van der Waals surface area (Å²) in [5, 5.41) is 4.29. The van der Waals surface area contributed by atoms with Gasteiger partial charge in [-0.1, -0.05) is 27.7 Å². The highest BCUT2D eigenvalue weighted by Gasteiger charge is 2.30.